The fourth-order valence-electron chi connectivity index (χ4n) is 7.58. The van der Waals surface area contributed by atoms with E-state index in [1.54, 1.807) is 0 Å². The lowest BCUT2D eigenvalue weighted by molar-refractivity contribution is 1.07. The Balaban J connectivity index is 1.05. The number of benzene rings is 9. The molecule has 0 saturated heterocycles. The van der Waals surface area contributed by atoms with Crippen molar-refractivity contribution in [1.82, 2.24) is 15.0 Å². The lowest BCUT2D eigenvalue weighted by Gasteiger charge is -2.12. The van der Waals surface area contributed by atoms with Gasteiger partial charge in [-0.05, 0) is 90.3 Å². The zero-order valence-corrected chi connectivity index (χ0v) is 30.5. The Morgan fingerprint density at radius 2 is 0.589 bits per heavy atom. The summed E-state index contributed by atoms with van der Waals surface area (Å²) in [5.41, 5.74) is 12.1. The van der Waals surface area contributed by atoms with Gasteiger partial charge in [0.15, 0.2) is 17.5 Å². The van der Waals surface area contributed by atoms with Crippen LogP contribution in [0.4, 0.5) is 0 Å². The van der Waals surface area contributed by atoms with Crippen LogP contribution < -0.4 is 0 Å². The molecular weight excluding hydrogens is 679 g/mol. The van der Waals surface area contributed by atoms with Crippen LogP contribution in [0.2, 0.25) is 0 Å². The molecule has 0 radical (unpaired) electrons. The minimum atomic E-state index is 0.629. The summed E-state index contributed by atoms with van der Waals surface area (Å²) in [7, 11) is 0. The number of nitrogens with zero attached hydrogens (tertiary/aromatic N) is 3. The molecule has 10 aromatic rings. The molecule has 1 heterocycles. The van der Waals surface area contributed by atoms with Crippen LogP contribution in [-0.4, -0.2) is 15.0 Å². The van der Waals surface area contributed by atoms with E-state index in [1.807, 2.05) is 12.1 Å². The van der Waals surface area contributed by atoms with Crippen molar-refractivity contribution in [3.05, 3.63) is 212 Å². The first-order valence-corrected chi connectivity index (χ1v) is 18.9. The second kappa shape index (κ2) is 14.4. The summed E-state index contributed by atoms with van der Waals surface area (Å²) in [6.45, 7) is 0. The number of hydrogen-bond acceptors (Lipinski definition) is 3. The maximum atomic E-state index is 5.15. The Morgan fingerprint density at radius 3 is 1.20 bits per heavy atom. The van der Waals surface area contributed by atoms with E-state index in [0.717, 1.165) is 44.3 Å². The van der Waals surface area contributed by atoms with E-state index in [2.05, 4.69) is 200 Å². The van der Waals surface area contributed by atoms with E-state index in [-0.39, 0.29) is 0 Å². The van der Waals surface area contributed by atoms with E-state index >= 15 is 0 Å². The molecule has 0 unspecified atom stereocenters. The van der Waals surface area contributed by atoms with E-state index in [0.29, 0.717) is 17.5 Å². The van der Waals surface area contributed by atoms with Crippen LogP contribution in [0, 0.1) is 0 Å². The minimum absolute atomic E-state index is 0.629. The molecule has 0 aliphatic rings. The molecule has 3 nitrogen and oxygen atoms in total. The minimum Gasteiger partial charge on any atom is -0.208 e. The van der Waals surface area contributed by atoms with Gasteiger partial charge in [0.25, 0.3) is 0 Å². The van der Waals surface area contributed by atoms with E-state index in [1.165, 1.54) is 38.4 Å². The highest BCUT2D eigenvalue weighted by Crippen LogP contribution is 2.34. The van der Waals surface area contributed by atoms with Crippen LogP contribution in [0.3, 0.4) is 0 Å². The van der Waals surface area contributed by atoms with Gasteiger partial charge in [-0.1, -0.05) is 188 Å². The van der Waals surface area contributed by atoms with Crippen LogP contribution >= 0.6 is 0 Å². The molecule has 56 heavy (non-hydrogen) atoms. The van der Waals surface area contributed by atoms with E-state index < -0.39 is 0 Å². The van der Waals surface area contributed by atoms with Gasteiger partial charge < -0.3 is 0 Å². The predicted molar refractivity (Wildman–Crippen MR) is 233 cm³/mol. The zero-order valence-electron chi connectivity index (χ0n) is 30.5. The molecule has 9 aromatic carbocycles. The summed E-state index contributed by atoms with van der Waals surface area (Å²) in [6.07, 6.45) is 0. The highest BCUT2D eigenvalue weighted by molar-refractivity contribution is 5.97. The molecule has 10 rings (SSSR count). The first-order chi connectivity index (χ1) is 27.7. The van der Waals surface area contributed by atoms with Gasteiger partial charge in [-0.25, -0.2) is 15.0 Å². The van der Waals surface area contributed by atoms with Crippen molar-refractivity contribution >= 4 is 21.5 Å². The van der Waals surface area contributed by atoms with Crippen LogP contribution in [-0.2, 0) is 0 Å². The third-order valence-corrected chi connectivity index (χ3v) is 10.5. The molecule has 3 heteroatoms. The van der Waals surface area contributed by atoms with Crippen molar-refractivity contribution in [3.63, 3.8) is 0 Å². The summed E-state index contributed by atoms with van der Waals surface area (Å²) in [6, 6.07) is 74.8. The molecule has 0 spiro atoms. The maximum Gasteiger partial charge on any atom is 0.164 e. The van der Waals surface area contributed by atoms with Crippen LogP contribution in [0.25, 0.3) is 100 Å². The molecule has 0 amide bonds. The lowest BCUT2D eigenvalue weighted by atomic mass is 9.96. The molecule has 0 fully saturated rings. The Hall–Kier alpha value is -7.49. The number of fused-ring (bicyclic) bond motifs is 2. The Morgan fingerprint density at radius 1 is 0.214 bits per heavy atom. The lowest BCUT2D eigenvalue weighted by Crippen LogP contribution is -2.00. The van der Waals surface area contributed by atoms with E-state index in [9.17, 15) is 0 Å². The standard InChI is InChI=1S/C53H35N3/c1-3-12-36(13-4-1)41-18-9-20-46(33-41)51-54-52(56-53(55-51)48-31-30-44-32-43(28-29-45(44)35-48)37-14-5-2-6-15-37)47-21-10-19-42(34-47)38-24-26-40(27-25-38)50-23-11-17-39-16-7-8-22-49(39)50/h1-35H. The average Bonchev–Trinajstić information content (AvgIpc) is 3.29. The largest absolute Gasteiger partial charge is 0.208 e. The summed E-state index contributed by atoms with van der Waals surface area (Å²) >= 11 is 0. The Kier molecular flexibility index (Phi) is 8.51. The third-order valence-electron chi connectivity index (χ3n) is 10.5. The fraction of sp³-hybridized carbons (Fsp3) is 0. The molecule has 262 valence electrons. The van der Waals surface area contributed by atoms with Crippen LogP contribution in [0.1, 0.15) is 0 Å². The molecule has 0 aliphatic heterocycles. The first-order valence-electron chi connectivity index (χ1n) is 18.9. The third kappa shape index (κ3) is 6.52. The summed E-state index contributed by atoms with van der Waals surface area (Å²) in [4.78, 5) is 15.4. The number of aromatic nitrogens is 3. The van der Waals surface area contributed by atoms with Crippen LogP contribution in [0.15, 0.2) is 212 Å². The van der Waals surface area contributed by atoms with Crippen molar-refractivity contribution in [2.45, 2.75) is 0 Å². The molecule has 0 N–H and O–H groups in total. The number of hydrogen-bond donors (Lipinski definition) is 0. The van der Waals surface area contributed by atoms with Gasteiger partial charge in [0.2, 0.25) is 0 Å². The molecule has 0 atom stereocenters. The van der Waals surface area contributed by atoms with Gasteiger partial charge in [0.05, 0.1) is 0 Å². The van der Waals surface area contributed by atoms with Crippen molar-refractivity contribution in [2.75, 3.05) is 0 Å². The quantitative estimate of drug-likeness (QED) is 0.165. The normalized spacial score (nSPS) is 11.2. The SMILES string of the molecule is c1ccc(-c2cccc(-c3nc(-c4cccc(-c5ccc(-c6cccc7ccccc67)cc5)c4)nc(-c4ccc5cc(-c6ccccc6)ccc5c4)n3)c2)cc1. The van der Waals surface area contributed by atoms with Crippen molar-refractivity contribution < 1.29 is 0 Å². The highest BCUT2D eigenvalue weighted by atomic mass is 15.0. The van der Waals surface area contributed by atoms with E-state index in [4.69, 9.17) is 15.0 Å². The van der Waals surface area contributed by atoms with Gasteiger partial charge in [0, 0.05) is 16.7 Å². The molecule has 0 bridgehead atoms. The molecule has 0 saturated carbocycles. The molecule has 0 aliphatic carbocycles. The van der Waals surface area contributed by atoms with Gasteiger partial charge in [-0.3, -0.25) is 0 Å². The summed E-state index contributed by atoms with van der Waals surface area (Å²) in [5.74, 6) is 1.89. The summed E-state index contributed by atoms with van der Waals surface area (Å²) in [5, 5.41) is 4.79. The van der Waals surface area contributed by atoms with Gasteiger partial charge in [0.1, 0.15) is 0 Å². The number of rotatable bonds is 7. The van der Waals surface area contributed by atoms with Crippen molar-refractivity contribution in [1.29, 1.82) is 0 Å². The monoisotopic (exact) mass is 713 g/mol. The predicted octanol–water partition coefficient (Wildman–Crippen LogP) is 13.8. The smallest absolute Gasteiger partial charge is 0.164 e. The average molecular weight is 714 g/mol. The highest BCUT2D eigenvalue weighted by Gasteiger charge is 2.15. The van der Waals surface area contributed by atoms with Crippen molar-refractivity contribution in [2.24, 2.45) is 0 Å². The molecule has 1 aromatic heterocycles. The first kappa shape index (κ1) is 33.1. The summed E-state index contributed by atoms with van der Waals surface area (Å²) < 4.78 is 0. The van der Waals surface area contributed by atoms with Gasteiger partial charge in [-0.2, -0.15) is 0 Å². The molecular formula is C53H35N3. The second-order valence-electron chi connectivity index (χ2n) is 14.1. The Labute approximate surface area is 326 Å². The van der Waals surface area contributed by atoms with Crippen molar-refractivity contribution in [3.8, 4) is 78.7 Å². The maximum absolute atomic E-state index is 5.15. The fourth-order valence-corrected chi connectivity index (χ4v) is 7.58. The zero-order chi connectivity index (χ0) is 37.3. The second-order valence-corrected chi connectivity index (χ2v) is 14.1. The Bertz CT molecular complexity index is 3000. The van der Waals surface area contributed by atoms with Crippen LogP contribution in [0.5, 0.6) is 0 Å². The topological polar surface area (TPSA) is 38.7 Å². The van der Waals surface area contributed by atoms with Gasteiger partial charge in [-0.15, -0.1) is 0 Å². The van der Waals surface area contributed by atoms with Gasteiger partial charge >= 0.3 is 0 Å².